The molecule has 1 aliphatic heterocycles. The summed E-state index contributed by atoms with van der Waals surface area (Å²) in [4.78, 5) is 25.9. The highest BCUT2D eigenvalue weighted by Crippen LogP contribution is 2.24. The van der Waals surface area contributed by atoms with Crippen LogP contribution in [-0.4, -0.2) is 90.1 Å². The van der Waals surface area contributed by atoms with Crippen molar-refractivity contribution in [2.24, 2.45) is 17.4 Å². The van der Waals surface area contributed by atoms with Crippen molar-refractivity contribution in [2.75, 3.05) is 62.8 Å². The van der Waals surface area contributed by atoms with Gasteiger partial charge in [-0.2, -0.15) is 5.26 Å². The molecular formula is C43H63FN10O3. The number of nitrogens with two attached hydrogens (primary N) is 3. The number of carbonyl (C=O) groups is 1. The van der Waals surface area contributed by atoms with Crippen LogP contribution in [0.1, 0.15) is 79.8 Å². The Kier molecular flexibility index (Phi) is 17.4. The van der Waals surface area contributed by atoms with E-state index in [1.165, 1.54) is 6.07 Å². The average molecular weight is 787 g/mol. The number of amides is 1. The number of nitrogen functional groups attached to an aromatic ring is 1. The summed E-state index contributed by atoms with van der Waals surface area (Å²) < 4.78 is 19.4. The summed E-state index contributed by atoms with van der Waals surface area (Å²) in [5.41, 5.74) is 22.2. The summed E-state index contributed by atoms with van der Waals surface area (Å²) in [6.07, 6.45) is 7.63. The number of nitriles is 1. The van der Waals surface area contributed by atoms with Crippen molar-refractivity contribution < 1.29 is 19.0 Å². The Morgan fingerprint density at radius 2 is 1.81 bits per heavy atom. The van der Waals surface area contributed by atoms with Crippen LogP contribution in [0.5, 0.6) is 0 Å². The third-order valence-electron chi connectivity index (χ3n) is 9.38. The molecule has 13 nitrogen and oxygen atoms in total. The number of piperidine rings is 1. The van der Waals surface area contributed by atoms with E-state index in [0.717, 1.165) is 48.7 Å². The first-order chi connectivity index (χ1) is 26.7. The molecule has 1 saturated heterocycles. The summed E-state index contributed by atoms with van der Waals surface area (Å²) in [6.45, 7) is 14.9. The molecule has 0 aliphatic carbocycles. The van der Waals surface area contributed by atoms with Gasteiger partial charge in [0.05, 0.1) is 41.3 Å². The van der Waals surface area contributed by atoms with Gasteiger partial charge in [0.2, 0.25) is 5.95 Å². The lowest BCUT2D eigenvalue weighted by molar-refractivity contribution is -0.0370. The van der Waals surface area contributed by atoms with Crippen molar-refractivity contribution in [3.05, 3.63) is 100 Å². The second kappa shape index (κ2) is 21.5. The van der Waals surface area contributed by atoms with Gasteiger partial charge >= 0.3 is 0 Å². The van der Waals surface area contributed by atoms with Crippen LogP contribution in [0.3, 0.4) is 0 Å². The Hall–Kier alpha value is -5.07. The molecule has 0 saturated carbocycles. The molecule has 1 aromatic heterocycles. The molecule has 4 rings (SSSR count). The summed E-state index contributed by atoms with van der Waals surface area (Å²) in [5.74, 6) is 0.402. The van der Waals surface area contributed by atoms with Crippen LogP contribution in [0, 0.1) is 36.9 Å². The van der Waals surface area contributed by atoms with Crippen molar-refractivity contribution in [2.45, 2.75) is 84.6 Å². The first kappa shape index (κ1) is 46.3. The number of aryl methyl sites for hydroxylation is 3. The number of nitrogens with one attached hydrogen (secondary N) is 2. The van der Waals surface area contributed by atoms with Crippen LogP contribution in [0.2, 0.25) is 0 Å². The molecule has 1 fully saturated rings. The van der Waals surface area contributed by atoms with Gasteiger partial charge in [-0.15, -0.1) is 0 Å². The number of rotatable bonds is 16. The van der Waals surface area contributed by atoms with E-state index in [2.05, 4.69) is 32.5 Å². The van der Waals surface area contributed by atoms with Crippen LogP contribution in [0.4, 0.5) is 21.7 Å². The maximum atomic E-state index is 13.8. The smallest absolute Gasteiger partial charge is 0.251 e. The summed E-state index contributed by atoms with van der Waals surface area (Å²) in [5, 5.41) is 25.0. The van der Waals surface area contributed by atoms with Gasteiger partial charge in [-0.25, -0.2) is 14.4 Å². The quantitative estimate of drug-likeness (QED) is 0.0632. The standard InChI is InChI=1S/C23H37N7O2.C20H26FN3O/c1-15-12-16(2)28-21(27-15)26-10-11-30(7)19-13-17(8-9-18(19)24)20(31)29-22(3,4)14-32-23(5,6)25;1-24-11-9-17(10-12-24)20(23)4-2-3-18(25)8-7-16-6-5-15(14-22)13-19(16)21/h8-9,12-13H,10-11,14,24-25H2,1-7H3,(H,29,31)(H,26,27,28);2-6,13,17-18,25H,7-12,23H2,1H3/b;3-2-,20-4-. The van der Waals surface area contributed by atoms with E-state index in [9.17, 15) is 14.3 Å². The van der Waals surface area contributed by atoms with Crippen LogP contribution >= 0.6 is 0 Å². The van der Waals surface area contributed by atoms with E-state index in [-0.39, 0.29) is 12.5 Å². The zero-order chi connectivity index (χ0) is 42.3. The fraction of sp³-hybridized carbons (Fsp3) is 0.488. The maximum Gasteiger partial charge on any atom is 0.251 e. The lowest BCUT2D eigenvalue weighted by atomic mass is 9.93. The SMILES string of the molecule is CN1CCC(/C(N)=C/C=C\C(O)CCc2ccc(C#N)cc2F)CC1.Cc1cc(C)nc(NCCN(C)c2cc(C(=O)NC(C)(C)COC(C)(C)N)ccc2N)n1. The molecular weight excluding hydrogens is 724 g/mol. The predicted octanol–water partition coefficient (Wildman–Crippen LogP) is 5.18. The Bertz CT molecular complexity index is 1860. The highest BCUT2D eigenvalue weighted by atomic mass is 19.1. The number of carbonyl (C=O) groups excluding carboxylic acids is 1. The first-order valence-electron chi connectivity index (χ1n) is 19.4. The number of ether oxygens (including phenoxy) is 1. The first-order valence-corrected chi connectivity index (χ1v) is 19.4. The fourth-order valence-corrected chi connectivity index (χ4v) is 6.05. The molecule has 1 amide bonds. The van der Waals surface area contributed by atoms with Crippen LogP contribution in [-0.2, 0) is 11.2 Å². The molecule has 57 heavy (non-hydrogen) atoms. The van der Waals surface area contributed by atoms with Gasteiger partial charge in [0.25, 0.3) is 5.91 Å². The van der Waals surface area contributed by atoms with Crippen LogP contribution < -0.4 is 32.7 Å². The van der Waals surface area contributed by atoms with Crippen LogP contribution in [0.25, 0.3) is 0 Å². The van der Waals surface area contributed by atoms with E-state index < -0.39 is 23.2 Å². The predicted molar refractivity (Wildman–Crippen MR) is 227 cm³/mol. The van der Waals surface area contributed by atoms with Gasteiger partial charge in [-0.3, -0.25) is 4.79 Å². The minimum atomic E-state index is -0.769. The monoisotopic (exact) mass is 787 g/mol. The van der Waals surface area contributed by atoms with Crippen molar-refractivity contribution >= 4 is 23.2 Å². The second-order valence-corrected chi connectivity index (χ2v) is 16.0. The zero-order valence-electron chi connectivity index (χ0n) is 34.9. The molecule has 14 heteroatoms. The number of likely N-dealkylation sites (tertiary alicyclic amines) is 1. The molecule has 0 spiro atoms. The van der Waals surface area contributed by atoms with E-state index >= 15 is 0 Å². The van der Waals surface area contributed by atoms with Crippen molar-refractivity contribution in [1.82, 2.24) is 20.2 Å². The number of aliphatic hydroxyl groups excluding tert-OH is 1. The van der Waals surface area contributed by atoms with Gasteiger partial charge in [-0.1, -0.05) is 18.2 Å². The van der Waals surface area contributed by atoms with Crippen LogP contribution in [0.15, 0.2) is 66.4 Å². The van der Waals surface area contributed by atoms with Gasteiger partial charge in [0, 0.05) is 48.7 Å². The molecule has 2 aromatic carbocycles. The van der Waals surface area contributed by atoms with E-state index in [1.807, 2.05) is 57.9 Å². The molecule has 3 aromatic rings. The Labute approximate surface area is 338 Å². The lowest BCUT2D eigenvalue weighted by Gasteiger charge is -2.30. The van der Waals surface area contributed by atoms with Gasteiger partial charge in [0.1, 0.15) is 11.5 Å². The van der Waals surface area contributed by atoms with E-state index in [4.69, 9.17) is 27.2 Å². The number of aromatic nitrogens is 2. The minimum Gasteiger partial charge on any atom is -0.402 e. The van der Waals surface area contributed by atoms with Crippen molar-refractivity contribution in [3.8, 4) is 6.07 Å². The molecule has 9 N–H and O–H groups in total. The molecule has 0 bridgehead atoms. The maximum absolute atomic E-state index is 13.8. The average Bonchev–Trinajstić information content (AvgIpc) is 3.13. The molecule has 1 aliphatic rings. The number of allylic oxidation sites excluding steroid dienone is 3. The largest absolute Gasteiger partial charge is 0.402 e. The Morgan fingerprint density at radius 1 is 1.14 bits per heavy atom. The number of benzene rings is 2. The third-order valence-corrected chi connectivity index (χ3v) is 9.38. The second-order valence-electron chi connectivity index (χ2n) is 16.0. The molecule has 1 atom stereocenters. The molecule has 2 heterocycles. The van der Waals surface area contributed by atoms with Gasteiger partial charge in [-0.05, 0) is 135 Å². The third kappa shape index (κ3) is 16.5. The number of likely N-dealkylation sites (N-methyl/N-ethyl adjacent to an activating group) is 1. The number of aliphatic hydroxyl groups is 1. The van der Waals surface area contributed by atoms with Crippen molar-refractivity contribution in [3.63, 3.8) is 0 Å². The molecule has 310 valence electrons. The normalized spacial score (nSPS) is 14.7. The Balaban J connectivity index is 0.000000315. The van der Waals surface area contributed by atoms with E-state index in [1.54, 1.807) is 56.3 Å². The van der Waals surface area contributed by atoms with Gasteiger partial charge < -0.3 is 47.5 Å². The number of hydrogen-bond donors (Lipinski definition) is 6. The Morgan fingerprint density at radius 3 is 2.42 bits per heavy atom. The fourth-order valence-electron chi connectivity index (χ4n) is 6.05. The topological polar surface area (TPSA) is 205 Å². The van der Waals surface area contributed by atoms with Gasteiger partial charge in [0.15, 0.2) is 0 Å². The number of halogens is 1. The highest BCUT2D eigenvalue weighted by Gasteiger charge is 2.25. The highest BCUT2D eigenvalue weighted by molar-refractivity contribution is 5.96. The summed E-state index contributed by atoms with van der Waals surface area (Å²) in [6, 6.07) is 13.5. The number of anilines is 3. The summed E-state index contributed by atoms with van der Waals surface area (Å²) in [7, 11) is 4.04. The summed E-state index contributed by atoms with van der Waals surface area (Å²) >= 11 is 0. The van der Waals surface area contributed by atoms with Crippen molar-refractivity contribution in [1.29, 1.82) is 5.26 Å². The van der Waals surface area contributed by atoms with E-state index in [0.29, 0.717) is 60.2 Å². The zero-order valence-corrected chi connectivity index (χ0v) is 34.9. The lowest BCUT2D eigenvalue weighted by Crippen LogP contribution is -2.50. The molecule has 1 unspecified atom stereocenters. The minimum absolute atomic E-state index is 0.204. The molecule has 0 radical (unpaired) electrons. The number of hydrogen-bond acceptors (Lipinski definition) is 12. The number of nitrogens with zero attached hydrogens (tertiary/aromatic N) is 5.